The maximum absolute atomic E-state index is 8.49. The lowest BCUT2D eigenvalue weighted by molar-refractivity contribution is -2.00. The Morgan fingerprint density at radius 2 is 1.71 bits per heavy atom. The van der Waals surface area contributed by atoms with E-state index in [1.165, 1.54) is 11.8 Å². The zero-order valence-corrected chi connectivity index (χ0v) is 13.1. The van der Waals surface area contributed by atoms with Crippen molar-refractivity contribution in [2.45, 2.75) is 5.03 Å². The van der Waals surface area contributed by atoms with E-state index in [0.29, 0.717) is 10.7 Å². The summed E-state index contributed by atoms with van der Waals surface area (Å²) in [6.45, 7) is 0. The summed E-state index contributed by atoms with van der Waals surface area (Å²) in [5, 5.41) is 5.65. The predicted molar refractivity (Wildman–Crippen MR) is 67.0 cm³/mol. The second-order valence-corrected chi connectivity index (χ2v) is 5.48. The van der Waals surface area contributed by atoms with E-state index >= 15 is 0 Å². The number of thioether (sulfide) groups is 1. The number of rotatable bonds is 2. The first-order valence-corrected chi connectivity index (χ1v) is 8.15. The highest BCUT2D eigenvalue weighted by Gasteiger charge is 2.20. The van der Waals surface area contributed by atoms with Gasteiger partial charge in [-0.2, -0.15) is 0 Å². The summed E-state index contributed by atoms with van der Waals surface area (Å²) in [5.74, 6) is 0. The lowest BCUT2D eigenvalue weighted by atomic mass is 10.3. The van der Waals surface area contributed by atoms with Gasteiger partial charge < -0.3 is 5.73 Å². The summed E-state index contributed by atoms with van der Waals surface area (Å²) >= 11 is 7.66. The van der Waals surface area contributed by atoms with Crippen molar-refractivity contribution in [2.75, 3.05) is 12.0 Å². The first-order valence-electron chi connectivity index (χ1n) is 5.31. The largest absolute Gasteiger partial charge is 0.396 e. The van der Waals surface area contributed by atoms with E-state index in [9.17, 15) is 0 Å². The zero-order valence-electron chi connectivity index (χ0n) is 10.7. The molecule has 0 fully saturated rings. The molecule has 0 aliphatic rings. The number of aromatic nitrogens is 2. The topological polar surface area (TPSA) is 135 Å². The van der Waals surface area contributed by atoms with Crippen LogP contribution in [0.5, 0.6) is 0 Å². The van der Waals surface area contributed by atoms with E-state index < -0.39 is 10.2 Å². The highest BCUT2D eigenvalue weighted by Crippen LogP contribution is 2.26. The summed E-state index contributed by atoms with van der Waals surface area (Å²) in [4.78, 5) is 0. The van der Waals surface area contributed by atoms with Crippen LogP contribution in [0, 0.1) is 10.2 Å². The molecule has 0 aliphatic heterocycles. The second-order valence-electron chi connectivity index (χ2n) is 3.55. The molecule has 0 amide bonds. The normalized spacial score (nSPS) is 10.8. The molecule has 0 spiro atoms. The lowest BCUT2D eigenvalue weighted by Gasteiger charge is -2.17. The minimum Gasteiger partial charge on any atom is -0.396 e. The van der Waals surface area contributed by atoms with Gasteiger partial charge in [-0.15, -0.1) is 10.2 Å². The number of nitrogens with zero attached hydrogens (tertiary/aromatic N) is 2. The lowest BCUT2D eigenvalue weighted by Crippen LogP contribution is -2.68. The Kier molecular flexibility index (Phi) is 6.62. The average molecular weight is 352 g/mol. The van der Waals surface area contributed by atoms with Crippen LogP contribution >= 0.6 is 23.4 Å². The first kappa shape index (κ1) is 17.9. The molecule has 2 aromatic rings. The van der Waals surface area contributed by atoms with Crippen molar-refractivity contribution in [1.82, 2.24) is 5.10 Å². The number of nitrogens with two attached hydrogens (primary N) is 1. The van der Waals surface area contributed by atoms with Crippen LogP contribution in [0.2, 0.25) is 5.02 Å². The van der Waals surface area contributed by atoms with Crippen molar-refractivity contribution in [2.24, 2.45) is 0 Å². The molecule has 2 rings (SSSR count). The molecule has 1 aromatic heterocycles. The van der Waals surface area contributed by atoms with Crippen LogP contribution in [0.1, 0.15) is 0 Å². The van der Waals surface area contributed by atoms with Crippen molar-refractivity contribution in [1.29, 1.82) is 0 Å². The summed E-state index contributed by atoms with van der Waals surface area (Å²) in [7, 11) is -4.94. The summed E-state index contributed by atoms with van der Waals surface area (Å²) in [5.41, 5.74) is 7.19. The van der Waals surface area contributed by atoms with Gasteiger partial charge in [-0.1, -0.05) is 41.6 Å². The minimum atomic E-state index is -4.94. The standard InChI is InChI=1S/C11H10ClN3S.ClHO4/c1-16-11-10(12)9(13)7-14-15(11)8-5-3-2-4-6-8;2-1(3,4)5/h2-7,13H,1H3;(H,2,3,4,5). The van der Waals surface area contributed by atoms with E-state index in [1.807, 2.05) is 36.6 Å². The van der Waals surface area contributed by atoms with Crippen LogP contribution in [-0.4, -0.2) is 11.4 Å². The number of anilines is 1. The van der Waals surface area contributed by atoms with Crippen LogP contribution in [0.4, 0.5) is 5.69 Å². The number of hydrogen-bond donors (Lipinski definition) is 1. The van der Waals surface area contributed by atoms with Gasteiger partial charge in [0.1, 0.15) is 11.2 Å². The molecular weight excluding hydrogens is 341 g/mol. The first-order chi connectivity index (χ1) is 9.74. The van der Waals surface area contributed by atoms with Gasteiger partial charge in [0.2, 0.25) is 5.69 Å². The van der Waals surface area contributed by atoms with Crippen molar-refractivity contribution >= 4 is 29.1 Å². The van der Waals surface area contributed by atoms with Gasteiger partial charge in [-0.3, -0.25) is 0 Å². The van der Waals surface area contributed by atoms with Gasteiger partial charge in [0.15, 0.2) is 0 Å². The quantitative estimate of drug-likeness (QED) is 0.468. The van der Waals surface area contributed by atoms with Crippen LogP contribution < -0.4 is 29.1 Å². The number of para-hydroxylation sites is 1. The molecule has 0 saturated carbocycles. The predicted octanol–water partition coefficient (Wildman–Crippen LogP) is -2.44. The van der Waals surface area contributed by atoms with Gasteiger partial charge in [-0.25, -0.2) is 18.6 Å². The molecule has 10 heteroatoms. The third kappa shape index (κ3) is 6.02. The van der Waals surface area contributed by atoms with E-state index in [1.54, 1.807) is 10.9 Å². The Hall–Kier alpha value is -1.13. The molecule has 0 saturated heterocycles. The van der Waals surface area contributed by atoms with Crippen LogP contribution in [0.15, 0.2) is 41.6 Å². The maximum atomic E-state index is 8.49. The molecule has 0 atom stereocenters. The third-order valence-electron chi connectivity index (χ3n) is 2.14. The summed E-state index contributed by atoms with van der Waals surface area (Å²) in [6.07, 6.45) is 3.51. The average Bonchev–Trinajstić information content (AvgIpc) is 2.41. The Morgan fingerprint density at radius 1 is 1.19 bits per heavy atom. The van der Waals surface area contributed by atoms with Gasteiger partial charge in [-0.05, 0) is 10.9 Å². The van der Waals surface area contributed by atoms with Crippen molar-refractivity contribution in [3.05, 3.63) is 41.6 Å². The SMILES string of the molecule is CSc1c(Cl)c(N)cn[n+]1-c1ccccc1.[O-][Cl+3]([O-])([O-])[O-]. The van der Waals surface area contributed by atoms with Crippen LogP contribution in [-0.2, 0) is 0 Å². The molecule has 1 aromatic carbocycles. The number of hydrogen-bond acceptors (Lipinski definition) is 7. The van der Waals surface area contributed by atoms with Crippen molar-refractivity contribution in [3.8, 4) is 5.69 Å². The van der Waals surface area contributed by atoms with Gasteiger partial charge in [0, 0.05) is 17.2 Å². The molecular formula is C11H11Cl2N3O4S. The minimum absolute atomic E-state index is 0.498. The molecule has 0 bridgehead atoms. The number of nitrogen functional groups attached to an aromatic ring is 1. The van der Waals surface area contributed by atoms with Gasteiger partial charge in [0.25, 0.3) is 5.03 Å². The fourth-order valence-corrected chi connectivity index (χ4v) is 2.36. The summed E-state index contributed by atoms with van der Waals surface area (Å²) in [6, 6.07) is 9.82. The molecule has 2 N–H and O–H groups in total. The molecule has 21 heavy (non-hydrogen) atoms. The van der Waals surface area contributed by atoms with E-state index in [2.05, 4.69) is 5.10 Å². The molecule has 0 aliphatic carbocycles. The zero-order chi connectivity index (χ0) is 16.0. The molecule has 7 nitrogen and oxygen atoms in total. The Bertz CT molecular complexity index is 590. The molecule has 1 heterocycles. The highest BCUT2D eigenvalue weighted by molar-refractivity contribution is 7.98. The number of halogens is 2. The monoisotopic (exact) mass is 351 g/mol. The van der Waals surface area contributed by atoms with Gasteiger partial charge >= 0.3 is 0 Å². The Labute approximate surface area is 132 Å². The molecule has 0 unspecified atom stereocenters. The van der Waals surface area contributed by atoms with E-state index in [0.717, 1.165) is 10.7 Å². The fraction of sp³-hybridized carbons (Fsp3) is 0.0909. The smallest absolute Gasteiger partial charge is 0.293 e. The highest BCUT2D eigenvalue weighted by atomic mass is 35.7. The van der Waals surface area contributed by atoms with E-state index in [-0.39, 0.29) is 0 Å². The number of benzene rings is 1. The Morgan fingerprint density at radius 3 is 2.19 bits per heavy atom. The van der Waals surface area contributed by atoms with Crippen LogP contribution in [0.25, 0.3) is 5.69 Å². The fourth-order valence-electron chi connectivity index (χ4n) is 1.37. The molecule has 114 valence electrons. The summed E-state index contributed by atoms with van der Waals surface area (Å²) < 4.78 is 35.8. The third-order valence-corrected chi connectivity index (χ3v) is 3.41. The van der Waals surface area contributed by atoms with Crippen LogP contribution in [0.3, 0.4) is 0 Å². The Balaban J connectivity index is 0.000000383. The maximum Gasteiger partial charge on any atom is 0.293 e. The van der Waals surface area contributed by atoms with Crippen molar-refractivity contribution < 1.29 is 33.6 Å². The van der Waals surface area contributed by atoms with E-state index in [4.69, 9.17) is 36.0 Å². The van der Waals surface area contributed by atoms with Gasteiger partial charge in [0.05, 0.1) is 5.69 Å². The molecule has 0 radical (unpaired) electrons. The van der Waals surface area contributed by atoms with Crippen molar-refractivity contribution in [3.63, 3.8) is 0 Å². The second kappa shape index (κ2) is 7.76.